The van der Waals surface area contributed by atoms with Crippen molar-refractivity contribution in [3.63, 3.8) is 0 Å². The molecule has 0 bridgehead atoms. The fraction of sp³-hybridized carbons (Fsp3) is 0.211. The summed E-state index contributed by atoms with van der Waals surface area (Å²) in [6, 6.07) is 12.4. The summed E-state index contributed by atoms with van der Waals surface area (Å²) >= 11 is 0. The normalized spacial score (nSPS) is 12.5. The van der Waals surface area contributed by atoms with Crippen LogP contribution in [0.3, 0.4) is 0 Å². The van der Waals surface area contributed by atoms with E-state index < -0.39 is 6.04 Å². The SMILES string of the molecule is Cc1nn(C(C)C(=O)NCc2ccccc2)c(=O)c2cc3occc3n12. The molecule has 0 aliphatic rings. The highest BCUT2D eigenvalue weighted by Gasteiger charge is 2.21. The first-order valence-corrected chi connectivity index (χ1v) is 8.36. The van der Waals surface area contributed by atoms with Crippen molar-refractivity contribution in [3.05, 3.63) is 70.5 Å². The molecule has 0 radical (unpaired) electrons. The van der Waals surface area contributed by atoms with Crippen LogP contribution in [-0.4, -0.2) is 20.1 Å². The molecule has 4 rings (SSSR count). The topological polar surface area (TPSA) is 81.5 Å². The Morgan fingerprint density at radius 3 is 2.77 bits per heavy atom. The number of aromatic nitrogens is 3. The minimum Gasteiger partial charge on any atom is -0.463 e. The van der Waals surface area contributed by atoms with Gasteiger partial charge in [0.1, 0.15) is 17.4 Å². The number of carbonyl (C=O) groups excluding carboxylic acids is 1. The van der Waals surface area contributed by atoms with Crippen LogP contribution in [0, 0.1) is 6.92 Å². The van der Waals surface area contributed by atoms with Gasteiger partial charge in [0, 0.05) is 18.7 Å². The molecule has 0 aliphatic carbocycles. The molecule has 26 heavy (non-hydrogen) atoms. The van der Waals surface area contributed by atoms with Crippen LogP contribution >= 0.6 is 0 Å². The van der Waals surface area contributed by atoms with Crippen molar-refractivity contribution in [2.24, 2.45) is 0 Å². The first-order chi connectivity index (χ1) is 12.6. The zero-order valence-electron chi connectivity index (χ0n) is 14.5. The van der Waals surface area contributed by atoms with E-state index in [1.807, 2.05) is 30.3 Å². The standard InChI is InChI=1S/C19H18N4O3/c1-12(18(24)20-11-14-6-4-3-5-7-14)23-19(25)16-10-17-15(8-9-26-17)22(16)13(2)21-23/h3-10,12H,11H2,1-2H3,(H,20,24). The Morgan fingerprint density at radius 2 is 2.00 bits per heavy atom. The van der Waals surface area contributed by atoms with E-state index in [0.29, 0.717) is 23.5 Å². The highest BCUT2D eigenvalue weighted by molar-refractivity contribution is 5.83. The Labute approximate surface area is 148 Å². The number of furan rings is 1. The number of carbonyl (C=O) groups is 1. The Bertz CT molecular complexity index is 1150. The summed E-state index contributed by atoms with van der Waals surface area (Å²) in [5.41, 5.74) is 2.51. The predicted molar refractivity (Wildman–Crippen MR) is 97.0 cm³/mol. The summed E-state index contributed by atoms with van der Waals surface area (Å²) < 4.78 is 8.34. The van der Waals surface area contributed by atoms with Crippen LogP contribution in [0.4, 0.5) is 0 Å². The van der Waals surface area contributed by atoms with Crippen molar-refractivity contribution < 1.29 is 9.21 Å². The maximum atomic E-state index is 12.8. The molecule has 0 saturated carbocycles. The van der Waals surface area contributed by atoms with Crippen LogP contribution in [0.2, 0.25) is 0 Å². The van der Waals surface area contributed by atoms with Crippen molar-refractivity contribution in [1.29, 1.82) is 0 Å². The Kier molecular flexibility index (Phi) is 3.84. The number of amides is 1. The van der Waals surface area contributed by atoms with Gasteiger partial charge >= 0.3 is 0 Å². The van der Waals surface area contributed by atoms with Gasteiger partial charge in [0.15, 0.2) is 5.58 Å². The molecular formula is C19H18N4O3. The van der Waals surface area contributed by atoms with Crippen molar-refractivity contribution >= 4 is 22.5 Å². The van der Waals surface area contributed by atoms with Gasteiger partial charge in [0.2, 0.25) is 5.91 Å². The van der Waals surface area contributed by atoms with E-state index in [1.165, 1.54) is 4.68 Å². The van der Waals surface area contributed by atoms with E-state index >= 15 is 0 Å². The molecule has 7 heteroatoms. The van der Waals surface area contributed by atoms with Crippen LogP contribution in [0.1, 0.15) is 24.4 Å². The monoisotopic (exact) mass is 350 g/mol. The van der Waals surface area contributed by atoms with E-state index in [1.54, 1.807) is 36.6 Å². The zero-order chi connectivity index (χ0) is 18.3. The van der Waals surface area contributed by atoms with E-state index in [2.05, 4.69) is 10.4 Å². The maximum Gasteiger partial charge on any atom is 0.291 e. The van der Waals surface area contributed by atoms with Gasteiger partial charge in [-0.3, -0.25) is 14.0 Å². The minimum atomic E-state index is -0.726. The van der Waals surface area contributed by atoms with Gasteiger partial charge < -0.3 is 9.73 Å². The molecule has 3 heterocycles. The molecule has 1 atom stereocenters. The molecule has 0 fully saturated rings. The van der Waals surface area contributed by atoms with Crippen molar-refractivity contribution in [3.8, 4) is 0 Å². The second-order valence-electron chi connectivity index (χ2n) is 6.21. The molecule has 0 aliphatic heterocycles. The van der Waals surface area contributed by atoms with Gasteiger partial charge in [-0.1, -0.05) is 30.3 Å². The second kappa shape index (κ2) is 6.18. The molecule has 1 aromatic carbocycles. The van der Waals surface area contributed by atoms with E-state index in [0.717, 1.165) is 11.1 Å². The molecule has 132 valence electrons. The lowest BCUT2D eigenvalue weighted by molar-refractivity contribution is -0.124. The summed E-state index contributed by atoms with van der Waals surface area (Å²) in [6.45, 7) is 3.86. The lowest BCUT2D eigenvalue weighted by Crippen LogP contribution is -2.38. The van der Waals surface area contributed by atoms with Crippen LogP contribution in [0.5, 0.6) is 0 Å². The van der Waals surface area contributed by atoms with Gasteiger partial charge in [-0.15, -0.1) is 0 Å². The third-order valence-electron chi connectivity index (χ3n) is 4.48. The second-order valence-corrected chi connectivity index (χ2v) is 6.21. The maximum absolute atomic E-state index is 12.8. The van der Waals surface area contributed by atoms with Crippen LogP contribution in [0.25, 0.3) is 16.6 Å². The largest absolute Gasteiger partial charge is 0.463 e. The van der Waals surface area contributed by atoms with Gasteiger partial charge in [-0.25, -0.2) is 4.68 Å². The summed E-state index contributed by atoms with van der Waals surface area (Å²) in [7, 11) is 0. The molecule has 1 unspecified atom stereocenters. The van der Waals surface area contributed by atoms with Gasteiger partial charge in [-0.05, 0) is 19.4 Å². The van der Waals surface area contributed by atoms with Crippen molar-refractivity contribution in [2.45, 2.75) is 26.4 Å². The highest BCUT2D eigenvalue weighted by atomic mass is 16.3. The quantitative estimate of drug-likeness (QED) is 0.613. The number of fused-ring (bicyclic) bond motifs is 3. The number of aryl methyl sites for hydroxylation is 1. The number of rotatable bonds is 4. The molecule has 0 spiro atoms. The predicted octanol–water partition coefficient (Wildman–Crippen LogP) is 2.43. The fourth-order valence-corrected chi connectivity index (χ4v) is 3.10. The number of hydrogen-bond donors (Lipinski definition) is 1. The zero-order valence-corrected chi connectivity index (χ0v) is 14.5. The summed E-state index contributed by atoms with van der Waals surface area (Å²) in [5.74, 6) is 0.348. The third kappa shape index (κ3) is 2.57. The van der Waals surface area contributed by atoms with E-state index in [-0.39, 0.29) is 11.5 Å². The first-order valence-electron chi connectivity index (χ1n) is 8.36. The molecule has 7 nitrogen and oxygen atoms in total. The lowest BCUT2D eigenvalue weighted by Gasteiger charge is -2.15. The molecule has 0 saturated heterocycles. The minimum absolute atomic E-state index is 0.262. The number of nitrogens with one attached hydrogen (secondary N) is 1. The van der Waals surface area contributed by atoms with Crippen LogP contribution < -0.4 is 10.9 Å². The molecule has 3 aromatic heterocycles. The third-order valence-corrected chi connectivity index (χ3v) is 4.48. The Morgan fingerprint density at radius 1 is 1.23 bits per heavy atom. The Balaban J connectivity index is 1.66. The van der Waals surface area contributed by atoms with Crippen molar-refractivity contribution in [2.75, 3.05) is 0 Å². The fourth-order valence-electron chi connectivity index (χ4n) is 3.10. The highest BCUT2D eigenvalue weighted by Crippen LogP contribution is 2.20. The number of benzene rings is 1. The summed E-state index contributed by atoms with van der Waals surface area (Å²) in [4.78, 5) is 25.3. The van der Waals surface area contributed by atoms with E-state index in [9.17, 15) is 9.59 Å². The number of nitrogens with zero attached hydrogens (tertiary/aromatic N) is 3. The average molecular weight is 350 g/mol. The summed E-state index contributed by atoms with van der Waals surface area (Å²) in [6.07, 6.45) is 1.57. The van der Waals surface area contributed by atoms with Crippen LogP contribution in [0.15, 0.2) is 57.9 Å². The molecular weight excluding hydrogens is 332 g/mol. The molecule has 1 N–H and O–H groups in total. The average Bonchev–Trinajstić information content (AvgIpc) is 3.24. The molecule has 1 amide bonds. The van der Waals surface area contributed by atoms with Crippen molar-refractivity contribution in [1.82, 2.24) is 19.5 Å². The molecule has 4 aromatic rings. The number of hydrogen-bond acceptors (Lipinski definition) is 4. The lowest BCUT2D eigenvalue weighted by atomic mass is 10.2. The van der Waals surface area contributed by atoms with Gasteiger partial charge in [0.05, 0.1) is 11.8 Å². The summed E-state index contributed by atoms with van der Waals surface area (Å²) in [5, 5.41) is 7.19. The smallest absolute Gasteiger partial charge is 0.291 e. The first kappa shape index (κ1) is 16.1. The van der Waals surface area contributed by atoms with E-state index in [4.69, 9.17) is 4.42 Å². The van der Waals surface area contributed by atoms with Gasteiger partial charge in [0.25, 0.3) is 5.56 Å². The van der Waals surface area contributed by atoms with Crippen LogP contribution in [-0.2, 0) is 11.3 Å². The van der Waals surface area contributed by atoms with Gasteiger partial charge in [-0.2, -0.15) is 5.10 Å². The Hall–Kier alpha value is -3.35.